The van der Waals surface area contributed by atoms with Gasteiger partial charge in [0.25, 0.3) is 0 Å². The highest BCUT2D eigenvalue weighted by molar-refractivity contribution is 5.80. The quantitative estimate of drug-likeness (QED) is 0.648. The molecule has 0 saturated heterocycles. The van der Waals surface area contributed by atoms with Crippen LogP contribution in [0.5, 0.6) is 0 Å². The van der Waals surface area contributed by atoms with Crippen molar-refractivity contribution >= 4 is 5.96 Å². The Balaban J connectivity index is 1.52. The molecule has 2 aliphatic rings. The number of guanidine groups is 1. The van der Waals surface area contributed by atoms with Crippen LogP contribution in [-0.4, -0.2) is 34.6 Å². The molecular weight excluding hydrogens is 274 g/mol. The Labute approximate surface area is 133 Å². The lowest BCUT2D eigenvalue weighted by molar-refractivity contribution is 0.522. The summed E-state index contributed by atoms with van der Waals surface area (Å²) < 4.78 is 2.32. The van der Waals surface area contributed by atoms with Crippen LogP contribution >= 0.6 is 0 Å². The monoisotopic (exact) mass is 303 g/mol. The van der Waals surface area contributed by atoms with Crippen LogP contribution < -0.4 is 10.6 Å². The fraction of sp³-hybridized carbons (Fsp3) is 0.765. The summed E-state index contributed by atoms with van der Waals surface area (Å²) >= 11 is 0. The van der Waals surface area contributed by atoms with Crippen molar-refractivity contribution in [3.8, 4) is 0 Å². The second-order valence-electron chi connectivity index (χ2n) is 6.44. The number of hydrogen-bond donors (Lipinski definition) is 2. The van der Waals surface area contributed by atoms with Crippen LogP contribution in [0.25, 0.3) is 0 Å². The molecule has 1 aromatic heterocycles. The van der Waals surface area contributed by atoms with E-state index in [1.807, 2.05) is 0 Å². The SMILES string of the molecule is CCNC(=NCCc1cn2c(n1)CCCC2)NC1CCCC1. The highest BCUT2D eigenvalue weighted by Crippen LogP contribution is 2.17. The third-order valence-electron chi connectivity index (χ3n) is 4.64. The van der Waals surface area contributed by atoms with E-state index in [0.29, 0.717) is 6.04 Å². The minimum absolute atomic E-state index is 0.609. The van der Waals surface area contributed by atoms with Crippen LogP contribution in [-0.2, 0) is 19.4 Å². The van der Waals surface area contributed by atoms with Crippen molar-refractivity contribution in [1.29, 1.82) is 0 Å². The average Bonchev–Trinajstić information content (AvgIpc) is 3.16. The summed E-state index contributed by atoms with van der Waals surface area (Å²) in [5, 5.41) is 6.92. The zero-order valence-electron chi connectivity index (χ0n) is 13.8. The summed E-state index contributed by atoms with van der Waals surface area (Å²) in [6, 6.07) is 0.609. The van der Waals surface area contributed by atoms with Crippen molar-refractivity contribution in [2.75, 3.05) is 13.1 Å². The molecule has 2 N–H and O–H groups in total. The molecule has 22 heavy (non-hydrogen) atoms. The van der Waals surface area contributed by atoms with E-state index in [1.54, 1.807) is 0 Å². The van der Waals surface area contributed by atoms with Gasteiger partial charge in [-0.05, 0) is 32.6 Å². The fourth-order valence-corrected chi connectivity index (χ4v) is 3.46. The van der Waals surface area contributed by atoms with Crippen LogP contribution in [0.2, 0.25) is 0 Å². The van der Waals surface area contributed by atoms with Crippen molar-refractivity contribution in [3.05, 3.63) is 17.7 Å². The number of nitrogens with zero attached hydrogens (tertiary/aromatic N) is 3. The van der Waals surface area contributed by atoms with E-state index in [4.69, 9.17) is 9.98 Å². The molecule has 0 radical (unpaired) electrons. The minimum atomic E-state index is 0.609. The van der Waals surface area contributed by atoms with E-state index in [2.05, 4.69) is 28.3 Å². The second-order valence-corrected chi connectivity index (χ2v) is 6.44. The molecule has 1 fully saturated rings. The van der Waals surface area contributed by atoms with Gasteiger partial charge in [0.2, 0.25) is 0 Å². The molecular formula is C17H29N5. The molecule has 1 aliphatic carbocycles. The van der Waals surface area contributed by atoms with Crippen LogP contribution in [0.1, 0.15) is 57.0 Å². The van der Waals surface area contributed by atoms with Crippen molar-refractivity contribution in [2.24, 2.45) is 4.99 Å². The average molecular weight is 303 g/mol. The fourth-order valence-electron chi connectivity index (χ4n) is 3.46. The lowest BCUT2D eigenvalue weighted by Gasteiger charge is -2.16. The molecule has 5 nitrogen and oxygen atoms in total. The van der Waals surface area contributed by atoms with Crippen molar-refractivity contribution < 1.29 is 0 Å². The summed E-state index contributed by atoms with van der Waals surface area (Å²) in [6.07, 6.45) is 12.1. The van der Waals surface area contributed by atoms with E-state index in [9.17, 15) is 0 Å². The van der Waals surface area contributed by atoms with Gasteiger partial charge in [-0.2, -0.15) is 0 Å². The largest absolute Gasteiger partial charge is 0.357 e. The third-order valence-corrected chi connectivity index (χ3v) is 4.64. The van der Waals surface area contributed by atoms with Gasteiger partial charge in [0.15, 0.2) is 5.96 Å². The maximum atomic E-state index is 4.75. The standard InChI is InChI=1S/C17H29N5/c1-2-18-17(21-14-7-3-4-8-14)19-11-10-15-13-22-12-6-5-9-16(22)20-15/h13-14H,2-12H2,1H3,(H2,18,19,21). The predicted octanol–water partition coefficient (Wildman–Crippen LogP) is 2.26. The molecule has 1 aromatic rings. The Bertz CT molecular complexity index is 476. The van der Waals surface area contributed by atoms with Crippen LogP contribution in [0.3, 0.4) is 0 Å². The summed E-state index contributed by atoms with van der Waals surface area (Å²) in [7, 11) is 0. The maximum absolute atomic E-state index is 4.75. The summed E-state index contributed by atoms with van der Waals surface area (Å²) in [5.41, 5.74) is 1.19. The molecule has 5 heteroatoms. The van der Waals surface area contributed by atoms with Gasteiger partial charge in [-0.15, -0.1) is 0 Å². The van der Waals surface area contributed by atoms with Gasteiger partial charge in [-0.3, -0.25) is 4.99 Å². The Hall–Kier alpha value is -1.52. The second kappa shape index (κ2) is 7.65. The summed E-state index contributed by atoms with van der Waals surface area (Å²) in [6.45, 7) is 4.97. The highest BCUT2D eigenvalue weighted by atomic mass is 15.2. The van der Waals surface area contributed by atoms with E-state index < -0.39 is 0 Å². The molecule has 0 bridgehead atoms. The molecule has 0 atom stereocenters. The first-order valence-electron chi connectivity index (χ1n) is 8.95. The Morgan fingerprint density at radius 2 is 2.18 bits per heavy atom. The van der Waals surface area contributed by atoms with E-state index in [1.165, 1.54) is 50.0 Å². The Kier molecular flexibility index (Phi) is 5.35. The summed E-state index contributed by atoms with van der Waals surface area (Å²) in [4.78, 5) is 9.47. The summed E-state index contributed by atoms with van der Waals surface area (Å²) in [5.74, 6) is 2.24. The van der Waals surface area contributed by atoms with E-state index in [-0.39, 0.29) is 0 Å². The maximum Gasteiger partial charge on any atom is 0.191 e. The molecule has 1 saturated carbocycles. The number of rotatable bonds is 5. The normalized spacial score (nSPS) is 19.2. The third kappa shape index (κ3) is 4.02. The molecule has 0 amide bonds. The topological polar surface area (TPSA) is 54.2 Å². The number of aromatic nitrogens is 2. The van der Waals surface area contributed by atoms with E-state index in [0.717, 1.165) is 38.4 Å². The smallest absolute Gasteiger partial charge is 0.191 e. The minimum Gasteiger partial charge on any atom is -0.357 e. The van der Waals surface area contributed by atoms with Crippen LogP contribution in [0.15, 0.2) is 11.2 Å². The number of imidazole rings is 1. The number of aryl methyl sites for hydroxylation is 2. The molecule has 3 rings (SSSR count). The lowest BCUT2D eigenvalue weighted by atomic mass is 10.2. The van der Waals surface area contributed by atoms with Crippen LogP contribution in [0.4, 0.5) is 0 Å². The number of nitrogens with one attached hydrogen (secondary N) is 2. The molecule has 122 valence electrons. The first kappa shape index (κ1) is 15.4. The van der Waals surface area contributed by atoms with Gasteiger partial charge in [0.1, 0.15) is 5.82 Å². The molecule has 2 heterocycles. The van der Waals surface area contributed by atoms with E-state index >= 15 is 0 Å². The van der Waals surface area contributed by atoms with Crippen molar-refractivity contribution in [2.45, 2.75) is 70.9 Å². The molecule has 0 spiro atoms. The van der Waals surface area contributed by atoms with Gasteiger partial charge in [-0.1, -0.05) is 12.8 Å². The molecule has 0 aromatic carbocycles. The van der Waals surface area contributed by atoms with Crippen molar-refractivity contribution in [1.82, 2.24) is 20.2 Å². The Morgan fingerprint density at radius 1 is 1.32 bits per heavy atom. The first-order chi connectivity index (χ1) is 10.8. The number of fused-ring (bicyclic) bond motifs is 1. The predicted molar refractivity (Wildman–Crippen MR) is 90.2 cm³/mol. The van der Waals surface area contributed by atoms with Gasteiger partial charge in [0, 0.05) is 44.7 Å². The zero-order chi connectivity index (χ0) is 15.2. The molecule has 0 unspecified atom stereocenters. The van der Waals surface area contributed by atoms with Gasteiger partial charge in [0.05, 0.1) is 5.69 Å². The van der Waals surface area contributed by atoms with Gasteiger partial charge >= 0.3 is 0 Å². The van der Waals surface area contributed by atoms with Crippen LogP contribution in [0, 0.1) is 0 Å². The Morgan fingerprint density at radius 3 is 2.95 bits per heavy atom. The number of aliphatic imine (C=N–C) groups is 1. The molecule has 1 aliphatic heterocycles. The van der Waals surface area contributed by atoms with Gasteiger partial charge < -0.3 is 15.2 Å². The highest BCUT2D eigenvalue weighted by Gasteiger charge is 2.16. The first-order valence-corrected chi connectivity index (χ1v) is 8.95. The van der Waals surface area contributed by atoms with Crippen molar-refractivity contribution in [3.63, 3.8) is 0 Å². The zero-order valence-corrected chi connectivity index (χ0v) is 13.8. The number of hydrogen-bond acceptors (Lipinski definition) is 2. The van der Waals surface area contributed by atoms with Gasteiger partial charge in [-0.25, -0.2) is 4.98 Å². The lowest BCUT2D eigenvalue weighted by Crippen LogP contribution is -2.42.